The van der Waals surface area contributed by atoms with E-state index >= 15 is 0 Å². The van der Waals surface area contributed by atoms with Gasteiger partial charge in [-0.3, -0.25) is 9.78 Å². The molecule has 0 N–H and O–H groups in total. The maximum absolute atomic E-state index is 12.8. The number of carbonyl (C=O) groups excluding carboxylic acids is 1. The van der Waals surface area contributed by atoms with Crippen LogP contribution in [0.5, 0.6) is 0 Å². The molecule has 1 aromatic rings. The minimum absolute atomic E-state index is 0.114. The van der Waals surface area contributed by atoms with Crippen molar-refractivity contribution in [2.45, 2.75) is 49.5 Å². The summed E-state index contributed by atoms with van der Waals surface area (Å²) < 4.78 is 27.2. The summed E-state index contributed by atoms with van der Waals surface area (Å²) in [6, 6.07) is 3.04. The van der Waals surface area contributed by atoms with E-state index in [0.29, 0.717) is 13.0 Å². The Morgan fingerprint density at radius 1 is 1.19 bits per heavy atom. The number of rotatable bonds is 3. The number of carbonyl (C=O) groups is 1. The lowest BCUT2D eigenvalue weighted by Crippen LogP contribution is -2.48. The Bertz CT molecular complexity index is 615. The van der Waals surface area contributed by atoms with Crippen LogP contribution in [0.15, 0.2) is 29.4 Å². The Morgan fingerprint density at radius 3 is 2.71 bits per heavy atom. The van der Waals surface area contributed by atoms with Crippen molar-refractivity contribution in [3.63, 3.8) is 0 Å². The molecule has 6 heteroatoms. The number of nitrogens with zero attached hydrogens (tertiary/aromatic N) is 2. The number of Topliss-reactive ketones (excluding diaryl/α,β-unsaturated/α-hetero) is 1. The smallest absolute Gasteiger partial charge is 0.244 e. The van der Waals surface area contributed by atoms with Crippen LogP contribution < -0.4 is 0 Å². The minimum atomic E-state index is -3.55. The van der Waals surface area contributed by atoms with E-state index in [-0.39, 0.29) is 22.6 Å². The van der Waals surface area contributed by atoms with Crippen LogP contribution in [-0.4, -0.2) is 36.1 Å². The van der Waals surface area contributed by atoms with Crippen LogP contribution in [0.2, 0.25) is 0 Å². The van der Waals surface area contributed by atoms with Crippen LogP contribution >= 0.6 is 0 Å². The third-order valence-electron chi connectivity index (χ3n) is 4.56. The normalized spacial score (nSPS) is 27.9. The number of ketones is 1. The highest BCUT2D eigenvalue weighted by molar-refractivity contribution is 7.89. The summed E-state index contributed by atoms with van der Waals surface area (Å²) in [6.07, 6.45) is 7.90. The quantitative estimate of drug-likeness (QED) is 0.856. The number of hydrogen-bond donors (Lipinski definition) is 0. The molecular weight excluding hydrogens is 288 g/mol. The Kier molecular flexibility index (Phi) is 4.08. The number of sulfonamides is 1. The highest BCUT2D eigenvalue weighted by Crippen LogP contribution is 2.35. The third-order valence-corrected chi connectivity index (χ3v) is 6.46. The van der Waals surface area contributed by atoms with Gasteiger partial charge in [0, 0.05) is 37.3 Å². The minimum Gasteiger partial charge on any atom is -0.299 e. The van der Waals surface area contributed by atoms with E-state index in [0.717, 1.165) is 32.1 Å². The summed E-state index contributed by atoms with van der Waals surface area (Å²) in [5, 5.41) is 0. The zero-order valence-electron chi connectivity index (χ0n) is 11.9. The second-order valence-electron chi connectivity index (χ2n) is 5.83. The summed E-state index contributed by atoms with van der Waals surface area (Å²) in [5.74, 6) is 0.116. The van der Waals surface area contributed by atoms with Crippen molar-refractivity contribution in [3.05, 3.63) is 24.5 Å². The fourth-order valence-corrected chi connectivity index (χ4v) is 5.21. The van der Waals surface area contributed by atoms with E-state index in [1.165, 1.54) is 6.20 Å². The standard InChI is InChI=1S/C15H20N2O3S/c18-15-8-3-6-13(15)14-7-1-2-10-17(14)21(19,20)12-5-4-9-16-11-12/h4-5,9,11,13-14H,1-3,6-8,10H2. The van der Waals surface area contributed by atoms with E-state index in [9.17, 15) is 13.2 Å². The van der Waals surface area contributed by atoms with Crippen LogP contribution in [0.25, 0.3) is 0 Å². The van der Waals surface area contributed by atoms with Gasteiger partial charge in [-0.25, -0.2) is 8.42 Å². The van der Waals surface area contributed by atoms with Crippen LogP contribution in [0, 0.1) is 5.92 Å². The molecule has 1 saturated heterocycles. The van der Waals surface area contributed by atoms with Gasteiger partial charge in [0.05, 0.1) is 0 Å². The van der Waals surface area contributed by atoms with Gasteiger partial charge in [0.1, 0.15) is 10.7 Å². The molecule has 21 heavy (non-hydrogen) atoms. The lowest BCUT2D eigenvalue weighted by atomic mass is 9.90. The SMILES string of the molecule is O=C1CCCC1C1CCCCN1S(=O)(=O)c1cccnc1. The van der Waals surface area contributed by atoms with Gasteiger partial charge in [-0.1, -0.05) is 6.42 Å². The third kappa shape index (κ3) is 2.74. The fourth-order valence-electron chi connectivity index (χ4n) is 3.52. The predicted molar refractivity (Wildman–Crippen MR) is 78.1 cm³/mol. The Balaban J connectivity index is 1.92. The summed E-state index contributed by atoms with van der Waals surface area (Å²) in [5.41, 5.74) is 0. The van der Waals surface area contributed by atoms with Crippen molar-refractivity contribution in [1.82, 2.24) is 9.29 Å². The lowest BCUT2D eigenvalue weighted by molar-refractivity contribution is -0.122. The van der Waals surface area contributed by atoms with Crippen LogP contribution in [0.1, 0.15) is 38.5 Å². The van der Waals surface area contributed by atoms with Crippen LogP contribution in [-0.2, 0) is 14.8 Å². The first-order valence-electron chi connectivity index (χ1n) is 7.55. The van der Waals surface area contributed by atoms with Crippen LogP contribution in [0.3, 0.4) is 0 Å². The van der Waals surface area contributed by atoms with Gasteiger partial charge < -0.3 is 0 Å². The molecule has 0 spiro atoms. The molecule has 3 rings (SSSR count). The van der Waals surface area contributed by atoms with Crippen molar-refractivity contribution in [2.24, 2.45) is 5.92 Å². The highest BCUT2D eigenvalue weighted by Gasteiger charge is 2.41. The molecule has 2 heterocycles. The first-order chi connectivity index (χ1) is 10.1. The molecule has 0 bridgehead atoms. The first-order valence-corrected chi connectivity index (χ1v) is 8.99. The molecule has 0 amide bonds. The second kappa shape index (κ2) is 5.85. The molecular formula is C15H20N2O3S. The Morgan fingerprint density at radius 2 is 2.05 bits per heavy atom. The molecule has 1 saturated carbocycles. The summed E-state index contributed by atoms with van der Waals surface area (Å²) >= 11 is 0. The van der Waals surface area contributed by atoms with Gasteiger partial charge in [0.2, 0.25) is 10.0 Å². The Labute approximate surface area is 125 Å². The van der Waals surface area contributed by atoms with Gasteiger partial charge in [-0.15, -0.1) is 0 Å². The van der Waals surface area contributed by atoms with Crippen molar-refractivity contribution in [3.8, 4) is 0 Å². The van der Waals surface area contributed by atoms with Crippen molar-refractivity contribution in [2.75, 3.05) is 6.54 Å². The number of pyridine rings is 1. The number of aromatic nitrogens is 1. The van der Waals surface area contributed by atoms with Gasteiger partial charge >= 0.3 is 0 Å². The van der Waals surface area contributed by atoms with Gasteiger partial charge in [-0.05, 0) is 37.8 Å². The zero-order valence-corrected chi connectivity index (χ0v) is 12.8. The molecule has 2 unspecified atom stereocenters. The molecule has 1 aliphatic heterocycles. The molecule has 114 valence electrons. The average molecular weight is 308 g/mol. The van der Waals surface area contributed by atoms with Gasteiger partial charge in [0.15, 0.2) is 0 Å². The molecule has 2 atom stereocenters. The van der Waals surface area contributed by atoms with Gasteiger partial charge in [-0.2, -0.15) is 4.31 Å². The van der Waals surface area contributed by atoms with Crippen LogP contribution in [0.4, 0.5) is 0 Å². The van der Waals surface area contributed by atoms with E-state index < -0.39 is 10.0 Å². The molecule has 1 aliphatic carbocycles. The average Bonchev–Trinajstić information content (AvgIpc) is 2.94. The summed E-state index contributed by atoms with van der Waals surface area (Å²) in [7, 11) is -3.55. The van der Waals surface area contributed by atoms with Crippen molar-refractivity contribution >= 4 is 15.8 Å². The topological polar surface area (TPSA) is 67.3 Å². The summed E-state index contributed by atoms with van der Waals surface area (Å²) in [4.78, 5) is 16.2. The molecule has 0 radical (unpaired) electrons. The first kappa shape index (κ1) is 14.7. The zero-order chi connectivity index (χ0) is 14.9. The Hall–Kier alpha value is -1.27. The molecule has 5 nitrogen and oxygen atoms in total. The van der Waals surface area contributed by atoms with E-state index in [2.05, 4.69) is 4.98 Å². The van der Waals surface area contributed by atoms with Crippen molar-refractivity contribution < 1.29 is 13.2 Å². The van der Waals surface area contributed by atoms with Crippen molar-refractivity contribution in [1.29, 1.82) is 0 Å². The van der Waals surface area contributed by atoms with E-state index in [1.807, 2.05) is 0 Å². The summed E-state index contributed by atoms with van der Waals surface area (Å²) in [6.45, 7) is 0.506. The predicted octanol–water partition coefficient (Wildman–Crippen LogP) is 1.99. The fraction of sp³-hybridized carbons (Fsp3) is 0.600. The number of hydrogen-bond acceptors (Lipinski definition) is 4. The molecule has 1 aromatic heterocycles. The monoisotopic (exact) mass is 308 g/mol. The second-order valence-corrected chi connectivity index (χ2v) is 7.72. The number of piperidine rings is 1. The van der Waals surface area contributed by atoms with E-state index in [1.54, 1.807) is 22.6 Å². The molecule has 2 fully saturated rings. The highest BCUT2D eigenvalue weighted by atomic mass is 32.2. The van der Waals surface area contributed by atoms with E-state index in [4.69, 9.17) is 0 Å². The van der Waals surface area contributed by atoms with Gasteiger partial charge in [0.25, 0.3) is 0 Å². The molecule has 2 aliphatic rings. The maximum Gasteiger partial charge on any atom is 0.244 e. The maximum atomic E-state index is 12.8. The molecule has 0 aromatic carbocycles. The largest absolute Gasteiger partial charge is 0.299 e. The lowest BCUT2D eigenvalue weighted by Gasteiger charge is -2.37.